The maximum Gasteiger partial charge on any atom is 0.393 e. The topological polar surface area (TPSA) is 59.3 Å². The van der Waals surface area contributed by atoms with Crippen LogP contribution >= 0.6 is 11.3 Å². The summed E-state index contributed by atoms with van der Waals surface area (Å²) in [5.74, 6) is 0.741. The molecule has 2 fully saturated rings. The number of thiophene rings is 1. The minimum absolute atomic E-state index is 0.275. The van der Waals surface area contributed by atoms with Gasteiger partial charge in [-0.25, -0.2) is 9.97 Å². The fourth-order valence-electron chi connectivity index (χ4n) is 4.96. The van der Waals surface area contributed by atoms with E-state index in [1.54, 1.807) is 6.07 Å². The number of alkyl halides is 3. The second kappa shape index (κ2) is 9.39. The van der Waals surface area contributed by atoms with E-state index in [1.165, 1.54) is 6.33 Å². The molecule has 2 aliphatic heterocycles. The van der Waals surface area contributed by atoms with Crippen LogP contribution in [0.4, 0.5) is 24.7 Å². The molecule has 3 aromatic rings. The van der Waals surface area contributed by atoms with Crippen molar-refractivity contribution in [2.24, 2.45) is 0 Å². The first-order valence-corrected chi connectivity index (χ1v) is 12.3. The smallest absolute Gasteiger partial charge is 0.371 e. The Balaban J connectivity index is 1.18. The first-order chi connectivity index (χ1) is 16.4. The summed E-state index contributed by atoms with van der Waals surface area (Å²) in [5, 5.41) is 9.70. The zero-order chi connectivity index (χ0) is 23.7. The average molecular weight is 487 g/mol. The van der Waals surface area contributed by atoms with Crippen LogP contribution in [0, 0.1) is 11.3 Å². The lowest BCUT2D eigenvalue weighted by Gasteiger charge is -2.43. The van der Waals surface area contributed by atoms with Crippen LogP contribution in [0.15, 0.2) is 36.7 Å². The van der Waals surface area contributed by atoms with Crippen LogP contribution in [0.1, 0.15) is 23.3 Å². The van der Waals surface area contributed by atoms with E-state index in [1.807, 2.05) is 24.3 Å². The number of nitriles is 1. The molecule has 0 atom stereocenters. The molecule has 10 heteroatoms. The number of anilines is 2. The third-order valence-electron chi connectivity index (χ3n) is 6.69. The van der Waals surface area contributed by atoms with Crippen molar-refractivity contribution >= 4 is 33.1 Å². The van der Waals surface area contributed by atoms with Crippen LogP contribution in [0.25, 0.3) is 10.2 Å². The first kappa shape index (κ1) is 22.9. The van der Waals surface area contributed by atoms with Gasteiger partial charge in [-0.2, -0.15) is 18.4 Å². The third kappa shape index (κ3) is 4.95. The van der Waals surface area contributed by atoms with Crippen molar-refractivity contribution in [1.82, 2.24) is 14.9 Å². The Bertz CT molecular complexity index is 1170. The predicted octanol–water partition coefficient (Wildman–Crippen LogP) is 4.46. The van der Waals surface area contributed by atoms with E-state index < -0.39 is 12.6 Å². The maximum absolute atomic E-state index is 12.8. The summed E-state index contributed by atoms with van der Waals surface area (Å²) in [4.78, 5) is 16.6. The predicted molar refractivity (Wildman–Crippen MR) is 127 cm³/mol. The number of nitrogens with zero attached hydrogens (tertiary/aromatic N) is 6. The van der Waals surface area contributed by atoms with Crippen LogP contribution in [0.5, 0.6) is 0 Å². The SMILES string of the molecule is N#Cc1ccc(N2CCC(N3CCN(c4ncnc5sc(CC(F)(F)F)cc45)CC3)CC2)cc1. The molecule has 2 aliphatic rings. The van der Waals surface area contributed by atoms with Crippen molar-refractivity contribution in [3.05, 3.63) is 47.1 Å². The fraction of sp³-hybridized carbons (Fsp3) is 0.458. The molecule has 4 heterocycles. The number of hydrogen-bond acceptors (Lipinski definition) is 7. The number of halogens is 3. The molecular weight excluding hydrogens is 461 g/mol. The molecule has 0 N–H and O–H groups in total. The van der Waals surface area contributed by atoms with Crippen molar-refractivity contribution in [1.29, 1.82) is 5.26 Å². The molecule has 178 valence electrons. The van der Waals surface area contributed by atoms with Gasteiger partial charge in [0.2, 0.25) is 0 Å². The molecule has 0 bridgehead atoms. The van der Waals surface area contributed by atoms with Gasteiger partial charge in [0.15, 0.2) is 0 Å². The Morgan fingerprint density at radius 3 is 2.32 bits per heavy atom. The molecular formula is C24H25F3N6S. The monoisotopic (exact) mass is 486 g/mol. The van der Waals surface area contributed by atoms with Crippen molar-refractivity contribution in [3.63, 3.8) is 0 Å². The van der Waals surface area contributed by atoms with E-state index in [2.05, 4.69) is 30.7 Å². The van der Waals surface area contributed by atoms with Gasteiger partial charge in [0.1, 0.15) is 17.0 Å². The molecule has 5 rings (SSSR count). The van der Waals surface area contributed by atoms with Gasteiger partial charge in [-0.1, -0.05) is 0 Å². The molecule has 6 nitrogen and oxygen atoms in total. The van der Waals surface area contributed by atoms with Gasteiger partial charge in [0.25, 0.3) is 0 Å². The van der Waals surface area contributed by atoms with Gasteiger partial charge >= 0.3 is 6.18 Å². The lowest BCUT2D eigenvalue weighted by Crippen LogP contribution is -2.53. The normalized spacial score (nSPS) is 18.4. The zero-order valence-electron chi connectivity index (χ0n) is 18.6. The van der Waals surface area contributed by atoms with E-state index in [0.29, 0.717) is 16.4 Å². The quantitative estimate of drug-likeness (QED) is 0.543. The zero-order valence-corrected chi connectivity index (χ0v) is 19.4. The van der Waals surface area contributed by atoms with Crippen LogP contribution in [-0.4, -0.2) is 66.4 Å². The third-order valence-corrected chi connectivity index (χ3v) is 7.73. The minimum Gasteiger partial charge on any atom is -0.371 e. The van der Waals surface area contributed by atoms with E-state index in [4.69, 9.17) is 5.26 Å². The number of benzene rings is 1. The van der Waals surface area contributed by atoms with E-state index in [-0.39, 0.29) is 4.88 Å². The largest absolute Gasteiger partial charge is 0.393 e. The molecule has 0 saturated carbocycles. The highest BCUT2D eigenvalue weighted by Gasteiger charge is 2.31. The van der Waals surface area contributed by atoms with Crippen LogP contribution in [0.3, 0.4) is 0 Å². The van der Waals surface area contributed by atoms with Crippen molar-refractivity contribution in [2.75, 3.05) is 49.1 Å². The second-order valence-electron chi connectivity index (χ2n) is 8.82. The summed E-state index contributed by atoms with van der Waals surface area (Å²) in [6.07, 6.45) is -1.53. The van der Waals surface area contributed by atoms with Gasteiger partial charge in [0, 0.05) is 55.9 Å². The summed E-state index contributed by atoms with van der Waals surface area (Å²) in [6, 6.07) is 12.1. The summed E-state index contributed by atoms with van der Waals surface area (Å²) in [7, 11) is 0. The van der Waals surface area contributed by atoms with Gasteiger partial charge in [-0.15, -0.1) is 11.3 Å². The van der Waals surface area contributed by atoms with Gasteiger partial charge in [-0.05, 0) is 43.2 Å². The lowest BCUT2D eigenvalue weighted by atomic mass is 10.0. The Kier molecular flexibility index (Phi) is 6.32. The summed E-state index contributed by atoms with van der Waals surface area (Å²) in [5.41, 5.74) is 1.84. The van der Waals surface area contributed by atoms with Gasteiger partial charge < -0.3 is 9.80 Å². The fourth-order valence-corrected chi connectivity index (χ4v) is 5.99. The Morgan fingerprint density at radius 1 is 0.971 bits per heavy atom. The number of rotatable bonds is 4. The highest BCUT2D eigenvalue weighted by Crippen LogP contribution is 2.34. The van der Waals surface area contributed by atoms with Crippen molar-refractivity contribution < 1.29 is 13.2 Å². The standard InChI is InChI=1S/C24H25F3N6S/c25-24(26,27)14-20-13-21-22(29-16-30-23(21)34-20)33-11-9-32(10-12-33)19-5-7-31(8-6-19)18-3-1-17(15-28)2-4-18/h1-4,13,16,19H,5-12,14H2. The molecule has 2 saturated heterocycles. The minimum atomic E-state index is -4.23. The Morgan fingerprint density at radius 2 is 1.68 bits per heavy atom. The van der Waals surface area contributed by atoms with Crippen LogP contribution < -0.4 is 9.80 Å². The van der Waals surface area contributed by atoms with Crippen molar-refractivity contribution in [2.45, 2.75) is 31.5 Å². The summed E-state index contributed by atoms with van der Waals surface area (Å²) < 4.78 is 38.5. The van der Waals surface area contributed by atoms with Crippen LogP contribution in [-0.2, 0) is 6.42 Å². The summed E-state index contributed by atoms with van der Waals surface area (Å²) >= 11 is 1.10. The van der Waals surface area contributed by atoms with E-state index in [9.17, 15) is 13.2 Å². The molecule has 34 heavy (non-hydrogen) atoms. The molecule has 1 aromatic carbocycles. The Hall–Kier alpha value is -2.90. The molecule has 0 amide bonds. The number of hydrogen-bond donors (Lipinski definition) is 0. The molecule has 0 spiro atoms. The summed E-state index contributed by atoms with van der Waals surface area (Å²) in [6.45, 7) is 5.39. The highest BCUT2D eigenvalue weighted by atomic mass is 32.1. The Labute approximate surface area is 200 Å². The highest BCUT2D eigenvalue weighted by molar-refractivity contribution is 7.18. The van der Waals surface area contributed by atoms with Crippen LogP contribution in [0.2, 0.25) is 0 Å². The van der Waals surface area contributed by atoms with E-state index in [0.717, 1.165) is 80.3 Å². The molecule has 2 aromatic heterocycles. The number of piperazine rings is 1. The number of piperidine rings is 1. The van der Waals surface area contributed by atoms with E-state index >= 15 is 0 Å². The first-order valence-electron chi connectivity index (χ1n) is 11.4. The molecule has 0 unspecified atom stereocenters. The van der Waals surface area contributed by atoms with Crippen molar-refractivity contribution in [3.8, 4) is 6.07 Å². The maximum atomic E-state index is 12.8. The average Bonchev–Trinajstić information content (AvgIpc) is 3.25. The number of fused-ring (bicyclic) bond motifs is 1. The lowest BCUT2D eigenvalue weighted by molar-refractivity contribution is -0.126. The molecule has 0 aliphatic carbocycles. The van der Waals surface area contributed by atoms with Gasteiger partial charge in [-0.3, -0.25) is 4.90 Å². The number of aromatic nitrogens is 2. The second-order valence-corrected chi connectivity index (χ2v) is 9.94. The van der Waals surface area contributed by atoms with Gasteiger partial charge in [0.05, 0.1) is 23.4 Å². The molecule has 0 radical (unpaired) electrons.